The third-order valence-corrected chi connectivity index (χ3v) is 4.41. The van der Waals surface area contributed by atoms with Crippen LogP contribution in [0.1, 0.15) is 42.3 Å². The van der Waals surface area contributed by atoms with Gasteiger partial charge in [-0.1, -0.05) is 13.8 Å². The van der Waals surface area contributed by atoms with Crippen LogP contribution in [-0.4, -0.2) is 57.8 Å². The highest BCUT2D eigenvalue weighted by Gasteiger charge is 2.42. The summed E-state index contributed by atoms with van der Waals surface area (Å²) in [4.78, 5) is 46.5. The lowest BCUT2D eigenvalue weighted by molar-refractivity contribution is -0.143. The van der Waals surface area contributed by atoms with Crippen LogP contribution < -0.4 is 10.6 Å². The normalized spacial score (nSPS) is 22.8. The summed E-state index contributed by atoms with van der Waals surface area (Å²) >= 11 is 0. The third-order valence-electron chi connectivity index (χ3n) is 4.41. The Morgan fingerprint density at radius 3 is 2.84 bits per heavy atom. The van der Waals surface area contributed by atoms with E-state index in [0.717, 1.165) is 12.1 Å². The first kappa shape index (κ1) is 17.3. The molecule has 0 radical (unpaired) electrons. The molecule has 25 heavy (non-hydrogen) atoms. The minimum Gasteiger partial charge on any atom is -0.346 e. The molecule has 8 heteroatoms. The van der Waals surface area contributed by atoms with Gasteiger partial charge in [-0.3, -0.25) is 14.4 Å². The second-order valence-electron chi connectivity index (χ2n) is 7.08. The van der Waals surface area contributed by atoms with Gasteiger partial charge in [-0.05, 0) is 31.7 Å². The molecule has 0 unspecified atom stereocenters. The van der Waals surface area contributed by atoms with E-state index in [1.807, 2.05) is 0 Å². The molecule has 2 saturated heterocycles. The molecule has 0 spiro atoms. The molecule has 0 aromatic carbocycles. The molecule has 1 aromatic rings. The molecule has 0 bridgehead atoms. The molecule has 3 rings (SSSR count). The number of fused-ring (bicyclic) bond motifs is 1. The van der Waals surface area contributed by atoms with Gasteiger partial charge in [0, 0.05) is 18.3 Å². The number of hydrogen-bond donors (Lipinski definition) is 2. The molecule has 2 N–H and O–H groups in total. The first-order valence-corrected chi connectivity index (χ1v) is 8.56. The van der Waals surface area contributed by atoms with Crippen LogP contribution >= 0.6 is 0 Å². The van der Waals surface area contributed by atoms with Gasteiger partial charge in [-0.2, -0.15) is 0 Å². The van der Waals surface area contributed by atoms with Gasteiger partial charge < -0.3 is 15.5 Å². The Hall–Kier alpha value is -2.51. The zero-order valence-corrected chi connectivity index (χ0v) is 14.7. The maximum absolute atomic E-state index is 12.6. The predicted octanol–water partition coefficient (Wildman–Crippen LogP) is -0.187. The molecule has 3 heterocycles. The van der Waals surface area contributed by atoms with Crippen molar-refractivity contribution < 1.29 is 14.4 Å². The van der Waals surface area contributed by atoms with Crippen LogP contribution in [-0.2, 0) is 16.0 Å². The molecule has 2 fully saturated rings. The molecule has 0 saturated carbocycles. The monoisotopic (exact) mass is 345 g/mol. The van der Waals surface area contributed by atoms with Gasteiger partial charge >= 0.3 is 0 Å². The fourth-order valence-electron chi connectivity index (χ4n) is 3.37. The highest BCUT2D eigenvalue weighted by Crippen LogP contribution is 2.21. The van der Waals surface area contributed by atoms with E-state index in [4.69, 9.17) is 0 Å². The standard InChI is InChI=1S/C17H23N5O3/c1-9(2)4-11-5-13(20-10(3)19-11)16(24)21-12-6-14-17(25)18-7-15(23)22(14)8-12/h5,9,12,14H,4,6-8H2,1-3H3,(H,18,25)(H,21,24)/t12-,14+/m1/s1. The van der Waals surface area contributed by atoms with Crippen LogP contribution in [0.2, 0.25) is 0 Å². The third kappa shape index (κ3) is 3.78. The molecule has 8 nitrogen and oxygen atoms in total. The summed E-state index contributed by atoms with van der Waals surface area (Å²) < 4.78 is 0. The Balaban J connectivity index is 1.70. The van der Waals surface area contributed by atoms with Crippen molar-refractivity contribution in [1.29, 1.82) is 0 Å². The van der Waals surface area contributed by atoms with Crippen molar-refractivity contribution in [3.05, 3.63) is 23.3 Å². The fraction of sp³-hybridized carbons (Fsp3) is 0.588. The number of rotatable bonds is 4. The average Bonchev–Trinajstić information content (AvgIpc) is 2.95. The highest BCUT2D eigenvalue weighted by atomic mass is 16.2. The van der Waals surface area contributed by atoms with E-state index in [9.17, 15) is 14.4 Å². The SMILES string of the molecule is Cc1nc(CC(C)C)cc(C(=O)N[C@@H]2C[C@H]3C(=O)NCC(=O)N3C2)n1. The Bertz CT molecular complexity index is 694. The minimum atomic E-state index is -0.491. The smallest absolute Gasteiger partial charge is 0.270 e. The second-order valence-corrected chi connectivity index (χ2v) is 7.08. The van der Waals surface area contributed by atoms with Gasteiger partial charge in [0.2, 0.25) is 11.8 Å². The maximum Gasteiger partial charge on any atom is 0.270 e. The van der Waals surface area contributed by atoms with Gasteiger partial charge in [0.15, 0.2) is 0 Å². The number of amides is 3. The predicted molar refractivity (Wildman–Crippen MR) is 89.7 cm³/mol. The molecule has 134 valence electrons. The maximum atomic E-state index is 12.6. The van der Waals surface area contributed by atoms with Gasteiger partial charge in [-0.25, -0.2) is 9.97 Å². The molecule has 2 atom stereocenters. The van der Waals surface area contributed by atoms with Crippen LogP contribution in [0, 0.1) is 12.8 Å². The Kier molecular flexibility index (Phi) is 4.69. The van der Waals surface area contributed by atoms with E-state index in [0.29, 0.717) is 30.4 Å². The Morgan fingerprint density at radius 2 is 2.16 bits per heavy atom. The van der Waals surface area contributed by atoms with Crippen LogP contribution in [0.4, 0.5) is 0 Å². The number of carbonyl (C=O) groups is 3. The van der Waals surface area contributed by atoms with E-state index in [1.54, 1.807) is 17.9 Å². The van der Waals surface area contributed by atoms with E-state index in [1.165, 1.54) is 0 Å². The molecule has 2 aliphatic rings. The number of nitrogens with one attached hydrogen (secondary N) is 2. The number of nitrogens with zero attached hydrogens (tertiary/aromatic N) is 3. The average molecular weight is 345 g/mol. The summed E-state index contributed by atoms with van der Waals surface area (Å²) in [5.74, 6) is 0.419. The van der Waals surface area contributed by atoms with E-state index in [-0.39, 0.29) is 30.3 Å². The van der Waals surface area contributed by atoms with Crippen molar-refractivity contribution >= 4 is 17.7 Å². The van der Waals surface area contributed by atoms with Crippen molar-refractivity contribution in [3.63, 3.8) is 0 Å². The largest absolute Gasteiger partial charge is 0.346 e. The molecule has 0 aliphatic carbocycles. The highest BCUT2D eigenvalue weighted by molar-refractivity contribution is 5.96. The second kappa shape index (κ2) is 6.78. The van der Waals surface area contributed by atoms with Gasteiger partial charge in [0.1, 0.15) is 17.6 Å². The van der Waals surface area contributed by atoms with Crippen LogP contribution in [0.25, 0.3) is 0 Å². The number of carbonyl (C=O) groups excluding carboxylic acids is 3. The van der Waals surface area contributed by atoms with Crippen LogP contribution in [0.3, 0.4) is 0 Å². The van der Waals surface area contributed by atoms with Gasteiger partial charge in [0.05, 0.1) is 6.54 Å². The molecular formula is C17H23N5O3. The fourth-order valence-corrected chi connectivity index (χ4v) is 3.37. The lowest BCUT2D eigenvalue weighted by atomic mass is 10.1. The topological polar surface area (TPSA) is 104 Å². The minimum absolute atomic E-state index is 0.0274. The van der Waals surface area contributed by atoms with Crippen molar-refractivity contribution in [1.82, 2.24) is 25.5 Å². The lowest BCUT2D eigenvalue weighted by Crippen LogP contribution is -2.55. The summed E-state index contributed by atoms with van der Waals surface area (Å²) in [6.45, 7) is 6.33. The molecular weight excluding hydrogens is 322 g/mol. The first-order chi connectivity index (χ1) is 11.8. The molecule has 1 aromatic heterocycles. The van der Waals surface area contributed by atoms with E-state index >= 15 is 0 Å². The van der Waals surface area contributed by atoms with Crippen molar-refractivity contribution in [3.8, 4) is 0 Å². The first-order valence-electron chi connectivity index (χ1n) is 8.56. The lowest BCUT2D eigenvalue weighted by Gasteiger charge is -2.28. The number of piperazine rings is 1. The van der Waals surface area contributed by atoms with E-state index < -0.39 is 6.04 Å². The summed E-state index contributed by atoms with van der Waals surface area (Å²) in [7, 11) is 0. The van der Waals surface area contributed by atoms with Crippen LogP contribution in [0.5, 0.6) is 0 Å². The quantitative estimate of drug-likeness (QED) is 0.787. The Labute approximate surface area is 146 Å². The zero-order chi connectivity index (χ0) is 18.1. The zero-order valence-electron chi connectivity index (χ0n) is 14.7. The number of aromatic nitrogens is 2. The molecule has 2 aliphatic heterocycles. The van der Waals surface area contributed by atoms with Crippen molar-refractivity contribution in [2.75, 3.05) is 13.1 Å². The summed E-state index contributed by atoms with van der Waals surface area (Å²) in [5, 5.41) is 5.48. The summed E-state index contributed by atoms with van der Waals surface area (Å²) in [5.41, 5.74) is 1.16. The van der Waals surface area contributed by atoms with Crippen LogP contribution in [0.15, 0.2) is 6.07 Å². The summed E-state index contributed by atoms with van der Waals surface area (Å²) in [6.07, 6.45) is 1.20. The van der Waals surface area contributed by atoms with Gasteiger partial charge in [0.25, 0.3) is 5.91 Å². The van der Waals surface area contributed by atoms with Crippen molar-refractivity contribution in [2.24, 2.45) is 5.92 Å². The number of aryl methyl sites for hydroxylation is 1. The molecule has 3 amide bonds. The van der Waals surface area contributed by atoms with Gasteiger partial charge in [-0.15, -0.1) is 0 Å². The van der Waals surface area contributed by atoms with Crippen molar-refractivity contribution in [2.45, 2.75) is 45.7 Å². The van der Waals surface area contributed by atoms with E-state index in [2.05, 4.69) is 34.4 Å². The summed E-state index contributed by atoms with van der Waals surface area (Å²) in [6, 6.07) is 0.965. The number of hydrogen-bond acceptors (Lipinski definition) is 5. The Morgan fingerprint density at radius 1 is 1.40 bits per heavy atom.